The number of thiazole rings is 1. The van der Waals surface area contributed by atoms with Gasteiger partial charge in [-0.15, -0.1) is 11.3 Å². The molecule has 4 aromatic heterocycles. The number of hydrogen-bond donors (Lipinski definition) is 3. The van der Waals surface area contributed by atoms with Crippen LogP contribution in [0.3, 0.4) is 0 Å². The van der Waals surface area contributed by atoms with Crippen LogP contribution in [0.2, 0.25) is 0 Å². The Morgan fingerprint density at radius 1 is 1.05 bits per heavy atom. The summed E-state index contributed by atoms with van der Waals surface area (Å²) in [5.74, 6) is -3.71. The lowest BCUT2D eigenvalue weighted by molar-refractivity contribution is -0.153. The third-order valence-electron chi connectivity index (χ3n) is 8.34. The van der Waals surface area contributed by atoms with Crippen LogP contribution < -0.4 is 11.1 Å². The van der Waals surface area contributed by atoms with Crippen molar-refractivity contribution in [2.24, 2.45) is 5.73 Å². The Bertz CT molecular complexity index is 2240. The highest BCUT2D eigenvalue weighted by Crippen LogP contribution is 2.35. The fourth-order valence-corrected chi connectivity index (χ4v) is 6.86. The Morgan fingerprint density at radius 2 is 1.79 bits per heavy atom. The van der Waals surface area contributed by atoms with Crippen molar-refractivity contribution in [1.82, 2.24) is 29.5 Å². The Morgan fingerprint density at radius 3 is 2.45 bits per heavy atom. The number of pyridine rings is 1. The molecule has 1 saturated carbocycles. The van der Waals surface area contributed by atoms with Crippen LogP contribution in [0.15, 0.2) is 71.3 Å². The molecule has 1 aromatic carbocycles. The van der Waals surface area contributed by atoms with Gasteiger partial charge in [0.15, 0.2) is 12.5 Å². The third-order valence-corrected chi connectivity index (χ3v) is 10.1. The molecule has 6 rings (SSSR count). The van der Waals surface area contributed by atoms with E-state index in [1.165, 1.54) is 46.8 Å². The van der Waals surface area contributed by atoms with Gasteiger partial charge in [-0.25, -0.2) is 19.0 Å². The molecular weight excluding hydrogens is 779 g/mol. The van der Waals surface area contributed by atoms with Crippen LogP contribution in [-0.2, 0) is 40.6 Å². The summed E-state index contributed by atoms with van der Waals surface area (Å²) in [6.45, 7) is 2.35. The van der Waals surface area contributed by atoms with E-state index in [9.17, 15) is 31.6 Å². The minimum Gasteiger partial charge on any atom is -0.468 e. The Kier molecular flexibility index (Phi) is 14.1. The Balaban J connectivity index is 0.000000522. The summed E-state index contributed by atoms with van der Waals surface area (Å²) >= 11 is 1.17. The highest BCUT2D eigenvalue weighted by Gasteiger charge is 2.27. The van der Waals surface area contributed by atoms with Crippen LogP contribution in [0, 0.1) is 11.8 Å². The number of esters is 2. The van der Waals surface area contributed by atoms with Crippen molar-refractivity contribution in [3.63, 3.8) is 0 Å². The molecule has 298 valence electrons. The van der Waals surface area contributed by atoms with E-state index in [1.807, 2.05) is 6.92 Å². The van der Waals surface area contributed by atoms with Crippen LogP contribution in [0.4, 0.5) is 14.5 Å². The van der Waals surface area contributed by atoms with Crippen molar-refractivity contribution in [2.75, 3.05) is 19.0 Å². The lowest BCUT2D eigenvalue weighted by Gasteiger charge is -2.28. The summed E-state index contributed by atoms with van der Waals surface area (Å²) in [4.78, 5) is 44.7. The van der Waals surface area contributed by atoms with Crippen molar-refractivity contribution in [1.29, 1.82) is 0 Å². The van der Waals surface area contributed by atoms with Crippen molar-refractivity contribution in [2.45, 2.75) is 68.8 Å². The molecule has 0 spiro atoms. The first kappa shape index (κ1) is 41.7. The molecule has 4 heterocycles. The molecule has 0 unspecified atom stereocenters. The van der Waals surface area contributed by atoms with Gasteiger partial charge in [-0.3, -0.25) is 23.6 Å². The topological polar surface area (TPSA) is 233 Å². The highest BCUT2D eigenvalue weighted by atomic mass is 32.2. The summed E-state index contributed by atoms with van der Waals surface area (Å²) in [7, 11) is -2.84. The number of nitrogens with one attached hydrogen (secondary N) is 1. The lowest BCUT2D eigenvalue weighted by Crippen LogP contribution is -2.34. The standard InChI is InChI=1S/C29H32F2N8O6S.C6H6O3S/c1-3-44-18-6-4-17(5-7-18)39-13-21(26(37-39)25-19(30)8-9-23(31)36-25)34-27(41)22-14-46-28(35-22)16-11-33-38(12-16)15-45-24(40)10-20(32)29(42)43-2;7-10(8,9)6-4-2-1-3-5-6/h8-9,11-14,17-18,20H,3-7,10,15,32H2,1-2H3,(H,34,41);1-5H,(H,7,8,9)/t17?,18?,20-;/m0./s1. The SMILES string of the molecule is CCOC1CCC(n2cc(NC(=O)c3csc(-c4cnn(COC(=O)C[C@H](N)C(=O)OC)c4)n3)c(-c3nc(F)ccc3F)n2)CC1.O=S(=O)(O)c1ccccc1. The second kappa shape index (κ2) is 18.9. The normalized spacial score (nSPS) is 16.0. The molecule has 1 fully saturated rings. The quantitative estimate of drug-likeness (QED) is 0.0835. The molecule has 1 aliphatic rings. The molecule has 0 saturated heterocycles. The molecule has 1 aliphatic carbocycles. The summed E-state index contributed by atoms with van der Waals surface area (Å²) < 4.78 is 76.4. The molecule has 5 aromatic rings. The van der Waals surface area contributed by atoms with Gasteiger partial charge in [0.1, 0.15) is 28.1 Å². The van der Waals surface area contributed by atoms with Crippen molar-refractivity contribution in [3.05, 3.63) is 83.9 Å². The van der Waals surface area contributed by atoms with Crippen LogP contribution in [0.1, 0.15) is 55.6 Å². The van der Waals surface area contributed by atoms with Crippen LogP contribution >= 0.6 is 11.3 Å². The molecule has 0 aliphatic heterocycles. The number of carbonyl (C=O) groups excluding carboxylic acids is 3. The number of nitrogens with zero attached hydrogens (tertiary/aromatic N) is 6. The van der Waals surface area contributed by atoms with Gasteiger partial charge in [0.2, 0.25) is 5.95 Å². The van der Waals surface area contributed by atoms with Gasteiger partial charge in [0.05, 0.1) is 42.5 Å². The summed E-state index contributed by atoms with van der Waals surface area (Å²) in [5, 5.41) is 13.4. The van der Waals surface area contributed by atoms with Crippen LogP contribution in [-0.4, -0.2) is 86.2 Å². The number of carbonyl (C=O) groups is 3. The molecule has 17 nitrogen and oxygen atoms in total. The largest absolute Gasteiger partial charge is 0.468 e. The Labute approximate surface area is 323 Å². The fourth-order valence-electron chi connectivity index (χ4n) is 5.59. The van der Waals surface area contributed by atoms with E-state index < -0.39 is 45.8 Å². The second-order valence-corrected chi connectivity index (χ2v) is 14.5. The number of halogens is 2. The summed E-state index contributed by atoms with van der Waals surface area (Å²) in [5.41, 5.74) is 6.02. The zero-order valence-corrected chi connectivity index (χ0v) is 31.7. The average molecular weight is 817 g/mol. The van der Waals surface area contributed by atoms with E-state index in [0.29, 0.717) is 17.2 Å². The van der Waals surface area contributed by atoms with E-state index in [0.717, 1.165) is 37.8 Å². The monoisotopic (exact) mass is 816 g/mol. The zero-order valence-electron chi connectivity index (χ0n) is 30.1. The molecule has 21 heteroatoms. The van der Waals surface area contributed by atoms with Gasteiger partial charge in [0.25, 0.3) is 16.0 Å². The number of anilines is 1. The number of nitrogens with two attached hydrogens (primary N) is 1. The number of rotatable bonds is 13. The second-order valence-electron chi connectivity index (χ2n) is 12.2. The number of aromatic nitrogens is 6. The minimum atomic E-state index is -4.00. The first-order valence-electron chi connectivity index (χ1n) is 17.1. The highest BCUT2D eigenvalue weighted by molar-refractivity contribution is 7.85. The smallest absolute Gasteiger partial charge is 0.323 e. The lowest BCUT2D eigenvalue weighted by atomic mass is 9.93. The predicted octanol–water partition coefficient (Wildman–Crippen LogP) is 4.64. The van der Waals surface area contributed by atoms with Gasteiger partial charge in [-0.2, -0.15) is 23.0 Å². The molecule has 1 amide bonds. The van der Waals surface area contributed by atoms with Gasteiger partial charge < -0.3 is 25.3 Å². The number of benzene rings is 1. The predicted molar refractivity (Wildman–Crippen MR) is 197 cm³/mol. The van der Waals surface area contributed by atoms with Crippen molar-refractivity contribution < 1.29 is 50.3 Å². The maximum absolute atomic E-state index is 14.8. The number of ether oxygens (including phenoxy) is 3. The Hall–Kier alpha value is -5.48. The number of methoxy groups -OCH3 is 1. The van der Waals surface area contributed by atoms with E-state index in [4.69, 9.17) is 19.8 Å². The minimum absolute atomic E-state index is 0.00361. The van der Waals surface area contributed by atoms with Gasteiger partial charge in [-0.05, 0) is 56.9 Å². The van der Waals surface area contributed by atoms with Crippen LogP contribution in [0.25, 0.3) is 22.0 Å². The average Bonchev–Trinajstić information content (AvgIpc) is 3.96. The van der Waals surface area contributed by atoms with Gasteiger partial charge in [-0.1, -0.05) is 18.2 Å². The van der Waals surface area contributed by atoms with Crippen LogP contribution in [0.5, 0.6) is 0 Å². The maximum Gasteiger partial charge on any atom is 0.323 e. The molecule has 1 atom stereocenters. The van der Waals surface area contributed by atoms with E-state index in [2.05, 4.69) is 30.2 Å². The summed E-state index contributed by atoms with van der Waals surface area (Å²) in [6, 6.07) is 8.13. The molecule has 0 radical (unpaired) electrons. The van der Waals surface area contributed by atoms with Crippen molar-refractivity contribution >= 4 is 45.0 Å². The fraction of sp³-hybridized carbons (Fsp3) is 0.343. The first-order valence-corrected chi connectivity index (χ1v) is 19.4. The zero-order chi connectivity index (χ0) is 40.4. The van der Waals surface area contributed by atoms with E-state index in [1.54, 1.807) is 35.3 Å². The third kappa shape index (κ3) is 11.1. The van der Waals surface area contributed by atoms with Gasteiger partial charge >= 0.3 is 11.9 Å². The molecule has 4 N–H and O–H groups in total. The molecular formula is C35H38F2N8O9S2. The molecule has 0 bridgehead atoms. The molecule has 56 heavy (non-hydrogen) atoms. The van der Waals surface area contributed by atoms with Crippen molar-refractivity contribution in [3.8, 4) is 22.0 Å². The van der Waals surface area contributed by atoms with Gasteiger partial charge in [0, 0.05) is 29.9 Å². The number of amides is 1. The first-order chi connectivity index (χ1) is 26.7. The van der Waals surface area contributed by atoms with E-state index >= 15 is 0 Å². The maximum atomic E-state index is 14.8. The van der Waals surface area contributed by atoms with E-state index in [-0.39, 0.29) is 53.0 Å². The number of hydrogen-bond acceptors (Lipinski definition) is 14. The summed E-state index contributed by atoms with van der Waals surface area (Å²) in [6.07, 6.45) is 7.63.